The second-order valence-electron chi connectivity index (χ2n) is 4.99. The predicted octanol–water partition coefficient (Wildman–Crippen LogP) is 2.11. The van der Waals surface area contributed by atoms with Crippen molar-refractivity contribution in [3.63, 3.8) is 0 Å². The molecule has 22 heavy (non-hydrogen) atoms. The van der Waals surface area contributed by atoms with E-state index in [2.05, 4.69) is 20.6 Å². The summed E-state index contributed by atoms with van der Waals surface area (Å²) in [7, 11) is 0. The molecule has 2 aromatic rings. The topological polar surface area (TPSA) is 76.1 Å². The van der Waals surface area contributed by atoms with E-state index in [-0.39, 0.29) is 11.9 Å². The van der Waals surface area contributed by atoms with E-state index in [1.807, 2.05) is 19.9 Å². The van der Waals surface area contributed by atoms with Crippen molar-refractivity contribution in [2.75, 3.05) is 18.5 Å². The highest BCUT2D eigenvalue weighted by Crippen LogP contribution is 2.12. The van der Waals surface area contributed by atoms with Crippen LogP contribution in [0.3, 0.4) is 0 Å². The minimum atomic E-state index is -0.175. The van der Waals surface area contributed by atoms with Gasteiger partial charge in [0.05, 0.1) is 18.3 Å². The first kappa shape index (κ1) is 15.8. The number of aromatic nitrogens is 2. The van der Waals surface area contributed by atoms with Crippen LogP contribution in [0, 0.1) is 0 Å². The molecule has 0 radical (unpaired) electrons. The molecule has 0 fully saturated rings. The molecule has 0 aliphatic rings. The molecule has 0 atom stereocenters. The SMILES string of the molecule is CC(C)Nc1ncccc1C(=O)NCCOc1cccnc1. The van der Waals surface area contributed by atoms with Crippen molar-refractivity contribution >= 4 is 11.7 Å². The van der Waals surface area contributed by atoms with Crippen LogP contribution < -0.4 is 15.4 Å². The van der Waals surface area contributed by atoms with Crippen molar-refractivity contribution in [1.82, 2.24) is 15.3 Å². The Bertz CT molecular complexity index is 602. The molecule has 6 nitrogen and oxygen atoms in total. The van der Waals surface area contributed by atoms with E-state index in [9.17, 15) is 4.79 Å². The first-order valence-corrected chi connectivity index (χ1v) is 7.19. The highest BCUT2D eigenvalue weighted by atomic mass is 16.5. The molecule has 2 N–H and O–H groups in total. The van der Waals surface area contributed by atoms with Crippen LogP contribution in [-0.4, -0.2) is 35.1 Å². The molecule has 2 aromatic heterocycles. The van der Waals surface area contributed by atoms with E-state index in [0.29, 0.717) is 30.3 Å². The number of nitrogens with one attached hydrogen (secondary N) is 2. The number of anilines is 1. The standard InChI is InChI=1S/C16H20N4O2/c1-12(2)20-15-14(6-4-8-18-15)16(21)19-9-10-22-13-5-3-7-17-11-13/h3-8,11-12H,9-10H2,1-2H3,(H,18,20)(H,19,21). The molecule has 0 aliphatic carbocycles. The van der Waals surface area contributed by atoms with Crippen molar-refractivity contribution in [1.29, 1.82) is 0 Å². The van der Waals surface area contributed by atoms with Crippen LogP contribution in [0.15, 0.2) is 42.9 Å². The van der Waals surface area contributed by atoms with Crippen LogP contribution in [0.25, 0.3) is 0 Å². The molecule has 1 amide bonds. The lowest BCUT2D eigenvalue weighted by atomic mass is 10.2. The van der Waals surface area contributed by atoms with E-state index in [4.69, 9.17) is 4.74 Å². The van der Waals surface area contributed by atoms with Crippen LogP contribution >= 0.6 is 0 Å². The van der Waals surface area contributed by atoms with E-state index in [1.54, 1.807) is 36.8 Å². The molecular formula is C16H20N4O2. The van der Waals surface area contributed by atoms with Gasteiger partial charge in [0.25, 0.3) is 5.91 Å². The summed E-state index contributed by atoms with van der Waals surface area (Å²) in [5, 5.41) is 5.98. The third-order valence-corrected chi connectivity index (χ3v) is 2.77. The minimum Gasteiger partial charge on any atom is -0.490 e. The molecule has 2 rings (SSSR count). The zero-order valence-corrected chi connectivity index (χ0v) is 12.7. The maximum absolute atomic E-state index is 12.2. The Balaban J connectivity index is 1.85. The smallest absolute Gasteiger partial charge is 0.255 e. The quantitative estimate of drug-likeness (QED) is 0.766. The molecule has 0 bridgehead atoms. The lowest BCUT2D eigenvalue weighted by Gasteiger charge is -2.13. The minimum absolute atomic E-state index is 0.175. The number of rotatable bonds is 7. The third kappa shape index (κ3) is 4.73. The summed E-state index contributed by atoms with van der Waals surface area (Å²) in [6.07, 6.45) is 4.97. The Labute approximate surface area is 129 Å². The Morgan fingerprint density at radius 1 is 1.27 bits per heavy atom. The summed E-state index contributed by atoms with van der Waals surface area (Å²) in [6.45, 7) is 4.78. The fraction of sp³-hybridized carbons (Fsp3) is 0.312. The fourth-order valence-corrected chi connectivity index (χ4v) is 1.84. The maximum Gasteiger partial charge on any atom is 0.255 e. The van der Waals surface area contributed by atoms with Gasteiger partial charge in [-0.3, -0.25) is 9.78 Å². The van der Waals surface area contributed by atoms with Gasteiger partial charge in [-0.2, -0.15) is 0 Å². The van der Waals surface area contributed by atoms with Crippen LogP contribution in [0.2, 0.25) is 0 Å². The van der Waals surface area contributed by atoms with Gasteiger partial charge in [0.2, 0.25) is 0 Å². The van der Waals surface area contributed by atoms with Crippen LogP contribution in [0.4, 0.5) is 5.82 Å². The number of carbonyl (C=O) groups excluding carboxylic acids is 1. The number of ether oxygens (including phenoxy) is 1. The molecule has 6 heteroatoms. The van der Waals surface area contributed by atoms with Gasteiger partial charge in [0.15, 0.2) is 0 Å². The zero-order chi connectivity index (χ0) is 15.8. The van der Waals surface area contributed by atoms with Gasteiger partial charge in [0.1, 0.15) is 18.2 Å². The van der Waals surface area contributed by atoms with Gasteiger partial charge < -0.3 is 15.4 Å². The van der Waals surface area contributed by atoms with Crippen molar-refractivity contribution in [3.05, 3.63) is 48.4 Å². The van der Waals surface area contributed by atoms with E-state index in [0.717, 1.165) is 0 Å². The summed E-state index contributed by atoms with van der Waals surface area (Å²) in [5.74, 6) is 1.09. The second-order valence-corrected chi connectivity index (χ2v) is 4.99. The normalized spacial score (nSPS) is 10.3. The Hall–Kier alpha value is -2.63. The summed E-state index contributed by atoms with van der Waals surface area (Å²) >= 11 is 0. The number of nitrogens with zero attached hydrogens (tertiary/aromatic N) is 2. The molecular weight excluding hydrogens is 280 g/mol. The van der Waals surface area contributed by atoms with Gasteiger partial charge in [-0.25, -0.2) is 4.98 Å². The van der Waals surface area contributed by atoms with Gasteiger partial charge >= 0.3 is 0 Å². The fourth-order valence-electron chi connectivity index (χ4n) is 1.84. The van der Waals surface area contributed by atoms with Gasteiger partial charge in [-0.05, 0) is 38.1 Å². The second kappa shape index (κ2) is 7.97. The highest BCUT2D eigenvalue weighted by Gasteiger charge is 2.12. The van der Waals surface area contributed by atoms with Crippen molar-refractivity contribution in [2.24, 2.45) is 0 Å². The summed E-state index contributed by atoms with van der Waals surface area (Å²) in [4.78, 5) is 20.4. The molecule has 0 saturated heterocycles. The zero-order valence-electron chi connectivity index (χ0n) is 12.7. The molecule has 2 heterocycles. The van der Waals surface area contributed by atoms with Crippen LogP contribution in [0.5, 0.6) is 5.75 Å². The van der Waals surface area contributed by atoms with Crippen molar-refractivity contribution in [3.8, 4) is 5.75 Å². The summed E-state index contributed by atoms with van der Waals surface area (Å²) in [5.41, 5.74) is 0.526. The van der Waals surface area contributed by atoms with Gasteiger partial charge in [0, 0.05) is 18.4 Å². The molecule has 0 aliphatic heterocycles. The summed E-state index contributed by atoms with van der Waals surface area (Å²) in [6, 6.07) is 7.31. The van der Waals surface area contributed by atoms with E-state index < -0.39 is 0 Å². The maximum atomic E-state index is 12.2. The number of hydrogen-bond acceptors (Lipinski definition) is 5. The third-order valence-electron chi connectivity index (χ3n) is 2.77. The number of pyridine rings is 2. The number of carbonyl (C=O) groups is 1. The molecule has 0 saturated carbocycles. The largest absolute Gasteiger partial charge is 0.490 e. The Morgan fingerprint density at radius 3 is 2.82 bits per heavy atom. The van der Waals surface area contributed by atoms with Gasteiger partial charge in [-0.15, -0.1) is 0 Å². The van der Waals surface area contributed by atoms with Crippen LogP contribution in [0.1, 0.15) is 24.2 Å². The first-order chi connectivity index (χ1) is 10.7. The van der Waals surface area contributed by atoms with Crippen LogP contribution in [-0.2, 0) is 0 Å². The lowest BCUT2D eigenvalue weighted by Crippen LogP contribution is -2.29. The summed E-state index contributed by atoms with van der Waals surface area (Å²) < 4.78 is 5.48. The van der Waals surface area contributed by atoms with E-state index in [1.165, 1.54) is 0 Å². The molecule has 0 aromatic carbocycles. The van der Waals surface area contributed by atoms with E-state index >= 15 is 0 Å². The lowest BCUT2D eigenvalue weighted by molar-refractivity contribution is 0.0947. The average Bonchev–Trinajstić information content (AvgIpc) is 2.52. The van der Waals surface area contributed by atoms with Crippen molar-refractivity contribution < 1.29 is 9.53 Å². The molecule has 0 unspecified atom stereocenters. The number of hydrogen-bond donors (Lipinski definition) is 2. The van der Waals surface area contributed by atoms with Gasteiger partial charge in [-0.1, -0.05) is 0 Å². The van der Waals surface area contributed by atoms with Crippen molar-refractivity contribution in [2.45, 2.75) is 19.9 Å². The Morgan fingerprint density at radius 2 is 2.09 bits per heavy atom. The highest BCUT2D eigenvalue weighted by molar-refractivity contribution is 5.98. The monoisotopic (exact) mass is 300 g/mol. The average molecular weight is 300 g/mol. The molecule has 116 valence electrons. The first-order valence-electron chi connectivity index (χ1n) is 7.19. The predicted molar refractivity (Wildman–Crippen MR) is 85.1 cm³/mol. The number of amides is 1. The Kier molecular flexibility index (Phi) is 5.71. The molecule has 0 spiro atoms.